The van der Waals surface area contributed by atoms with Gasteiger partial charge >= 0.3 is 0 Å². The highest BCUT2D eigenvalue weighted by Crippen LogP contribution is 2.12. The highest BCUT2D eigenvalue weighted by Gasteiger charge is 2.06. The van der Waals surface area contributed by atoms with E-state index in [0.717, 1.165) is 10.4 Å². The van der Waals surface area contributed by atoms with Crippen molar-refractivity contribution in [3.63, 3.8) is 0 Å². The molecule has 0 spiro atoms. The average molecular weight is 220 g/mol. The number of carbonyl (C=O) groups excluding carboxylic acids is 1. The van der Waals surface area contributed by atoms with Crippen LogP contribution in [0.3, 0.4) is 0 Å². The van der Waals surface area contributed by atoms with E-state index in [4.69, 9.17) is 12.2 Å². The number of benzene rings is 1. The Balaban J connectivity index is 2.74. The molecule has 0 bridgehead atoms. The molecule has 0 saturated heterocycles. The van der Waals surface area contributed by atoms with Crippen molar-refractivity contribution in [1.29, 1.82) is 0 Å². The molecule has 0 saturated carbocycles. The van der Waals surface area contributed by atoms with Crippen LogP contribution < -0.4 is 0 Å². The first-order valence-corrected chi connectivity index (χ1v) is 5.51. The van der Waals surface area contributed by atoms with E-state index < -0.39 is 0 Å². The maximum Gasteiger partial charge on any atom is 0.163 e. The highest BCUT2D eigenvalue weighted by molar-refractivity contribution is 7.80. The third-order valence-corrected chi connectivity index (χ3v) is 2.74. The second-order valence-electron chi connectivity index (χ2n) is 3.92. The SMILES string of the molecule is CC(=S)CCC(=O)c1ccc(C)c(C)c1. The maximum absolute atomic E-state index is 11.8. The minimum Gasteiger partial charge on any atom is -0.294 e. The van der Waals surface area contributed by atoms with Gasteiger partial charge in [0.1, 0.15) is 0 Å². The van der Waals surface area contributed by atoms with Crippen molar-refractivity contribution in [1.82, 2.24) is 0 Å². The molecular weight excluding hydrogens is 204 g/mol. The Kier molecular flexibility index (Phi) is 4.15. The fourth-order valence-corrected chi connectivity index (χ4v) is 1.45. The summed E-state index contributed by atoms with van der Waals surface area (Å²) in [4.78, 5) is 12.6. The van der Waals surface area contributed by atoms with Crippen LogP contribution in [-0.4, -0.2) is 10.6 Å². The fourth-order valence-electron chi connectivity index (χ4n) is 1.35. The summed E-state index contributed by atoms with van der Waals surface area (Å²) in [7, 11) is 0. The fraction of sp³-hybridized carbons (Fsp3) is 0.385. The summed E-state index contributed by atoms with van der Waals surface area (Å²) < 4.78 is 0. The smallest absolute Gasteiger partial charge is 0.163 e. The molecule has 0 radical (unpaired) electrons. The van der Waals surface area contributed by atoms with Gasteiger partial charge in [-0.1, -0.05) is 24.4 Å². The van der Waals surface area contributed by atoms with E-state index in [1.54, 1.807) is 0 Å². The monoisotopic (exact) mass is 220 g/mol. The van der Waals surface area contributed by atoms with Gasteiger partial charge in [-0.25, -0.2) is 0 Å². The molecule has 0 N–H and O–H groups in total. The number of ketones is 1. The van der Waals surface area contributed by atoms with Gasteiger partial charge < -0.3 is 0 Å². The van der Waals surface area contributed by atoms with Crippen molar-refractivity contribution in [3.05, 3.63) is 34.9 Å². The van der Waals surface area contributed by atoms with Gasteiger partial charge in [-0.3, -0.25) is 4.79 Å². The summed E-state index contributed by atoms with van der Waals surface area (Å²) in [6.07, 6.45) is 1.24. The molecule has 2 heteroatoms. The second kappa shape index (κ2) is 5.17. The predicted molar refractivity (Wildman–Crippen MR) is 67.8 cm³/mol. The van der Waals surface area contributed by atoms with Gasteiger partial charge in [-0.15, -0.1) is 0 Å². The Bertz CT molecular complexity index is 394. The molecule has 1 rings (SSSR count). The van der Waals surface area contributed by atoms with Gasteiger partial charge in [0.15, 0.2) is 5.78 Å². The summed E-state index contributed by atoms with van der Waals surface area (Å²) in [5.41, 5.74) is 3.19. The number of thiocarbonyl (C=S) groups is 1. The molecule has 0 amide bonds. The van der Waals surface area contributed by atoms with E-state index in [2.05, 4.69) is 0 Å². The minimum atomic E-state index is 0.183. The molecule has 15 heavy (non-hydrogen) atoms. The standard InChI is InChI=1S/C13H16OS/c1-9-4-6-12(8-10(9)2)13(14)7-5-11(3)15/h4,6,8H,5,7H2,1-3H3. The van der Waals surface area contributed by atoms with Crippen LogP contribution in [0.25, 0.3) is 0 Å². The van der Waals surface area contributed by atoms with Crippen LogP contribution in [-0.2, 0) is 0 Å². The van der Waals surface area contributed by atoms with Crippen molar-refractivity contribution >= 4 is 22.9 Å². The molecule has 1 nitrogen and oxygen atoms in total. The van der Waals surface area contributed by atoms with Gasteiger partial charge in [0, 0.05) is 12.0 Å². The zero-order valence-electron chi connectivity index (χ0n) is 9.46. The van der Waals surface area contributed by atoms with E-state index in [-0.39, 0.29) is 5.78 Å². The molecule has 0 aliphatic rings. The van der Waals surface area contributed by atoms with Crippen molar-refractivity contribution in [3.8, 4) is 0 Å². The van der Waals surface area contributed by atoms with Crippen molar-refractivity contribution < 1.29 is 4.79 Å². The number of Topliss-reactive ketones (excluding diaryl/α,β-unsaturated/α-hetero) is 1. The number of carbonyl (C=O) groups is 1. The Hall–Kier alpha value is -1.02. The van der Waals surface area contributed by atoms with Crippen molar-refractivity contribution in [2.45, 2.75) is 33.6 Å². The maximum atomic E-state index is 11.8. The van der Waals surface area contributed by atoms with Crippen molar-refractivity contribution in [2.24, 2.45) is 0 Å². The van der Waals surface area contributed by atoms with E-state index >= 15 is 0 Å². The lowest BCUT2D eigenvalue weighted by molar-refractivity contribution is 0.0985. The first-order chi connectivity index (χ1) is 7.00. The average Bonchev–Trinajstić information content (AvgIpc) is 2.18. The Labute approximate surface area is 96.5 Å². The lowest BCUT2D eigenvalue weighted by Gasteiger charge is -2.04. The number of rotatable bonds is 4. The van der Waals surface area contributed by atoms with Gasteiger partial charge in [-0.2, -0.15) is 0 Å². The topological polar surface area (TPSA) is 17.1 Å². The number of hydrogen-bond acceptors (Lipinski definition) is 2. The first kappa shape index (κ1) is 12.1. The molecule has 0 aromatic heterocycles. The summed E-state index contributed by atoms with van der Waals surface area (Å²) in [5, 5.41) is 0. The Morgan fingerprint density at radius 3 is 2.40 bits per heavy atom. The second-order valence-corrected chi connectivity index (χ2v) is 4.62. The van der Waals surface area contributed by atoms with Gasteiger partial charge in [0.2, 0.25) is 0 Å². The molecule has 0 heterocycles. The summed E-state index contributed by atoms with van der Waals surface area (Å²) in [6.45, 7) is 5.95. The predicted octanol–water partition coefficient (Wildman–Crippen LogP) is 3.66. The largest absolute Gasteiger partial charge is 0.294 e. The van der Waals surface area contributed by atoms with E-state index in [0.29, 0.717) is 12.8 Å². The van der Waals surface area contributed by atoms with E-state index in [1.165, 1.54) is 11.1 Å². The summed E-state index contributed by atoms with van der Waals surface area (Å²) in [6, 6.07) is 5.84. The van der Waals surface area contributed by atoms with E-state index in [1.807, 2.05) is 39.0 Å². The van der Waals surface area contributed by atoms with Crippen LogP contribution in [0, 0.1) is 13.8 Å². The number of aryl methyl sites for hydroxylation is 2. The molecule has 1 aromatic carbocycles. The summed E-state index contributed by atoms with van der Waals surface area (Å²) in [5.74, 6) is 0.183. The lowest BCUT2D eigenvalue weighted by Crippen LogP contribution is -2.02. The minimum absolute atomic E-state index is 0.183. The first-order valence-electron chi connectivity index (χ1n) is 5.10. The molecule has 0 aliphatic heterocycles. The van der Waals surface area contributed by atoms with Crippen LogP contribution in [0.4, 0.5) is 0 Å². The summed E-state index contributed by atoms with van der Waals surface area (Å²) >= 11 is 4.96. The normalized spacial score (nSPS) is 10.1. The molecule has 0 aliphatic carbocycles. The third-order valence-electron chi connectivity index (χ3n) is 2.53. The van der Waals surface area contributed by atoms with E-state index in [9.17, 15) is 4.79 Å². The van der Waals surface area contributed by atoms with Crippen LogP contribution in [0.15, 0.2) is 18.2 Å². The third kappa shape index (κ3) is 3.56. The quantitative estimate of drug-likeness (QED) is 0.569. The van der Waals surface area contributed by atoms with Crippen LogP contribution >= 0.6 is 12.2 Å². The van der Waals surface area contributed by atoms with Gasteiger partial charge in [-0.05, 0) is 49.2 Å². The zero-order valence-corrected chi connectivity index (χ0v) is 10.3. The van der Waals surface area contributed by atoms with Gasteiger partial charge in [0.25, 0.3) is 0 Å². The van der Waals surface area contributed by atoms with Crippen LogP contribution in [0.1, 0.15) is 41.3 Å². The molecule has 0 atom stereocenters. The molecule has 1 aromatic rings. The Morgan fingerprint density at radius 1 is 1.20 bits per heavy atom. The van der Waals surface area contributed by atoms with Crippen LogP contribution in [0.5, 0.6) is 0 Å². The van der Waals surface area contributed by atoms with Gasteiger partial charge in [0.05, 0.1) is 0 Å². The van der Waals surface area contributed by atoms with Crippen LogP contribution in [0.2, 0.25) is 0 Å². The highest BCUT2D eigenvalue weighted by atomic mass is 32.1. The molecule has 0 unspecified atom stereocenters. The number of hydrogen-bond donors (Lipinski definition) is 0. The molecular formula is C13H16OS. The molecule has 0 fully saturated rings. The zero-order chi connectivity index (χ0) is 11.4. The Morgan fingerprint density at radius 2 is 1.87 bits per heavy atom. The van der Waals surface area contributed by atoms with Crippen molar-refractivity contribution in [2.75, 3.05) is 0 Å². The molecule has 80 valence electrons. The lowest BCUT2D eigenvalue weighted by atomic mass is 10.0.